The molecule has 2 aliphatic heterocycles. The zero-order valence-corrected chi connectivity index (χ0v) is 10.2. The number of carbonyl (C=O) groups excluding carboxylic acids is 2. The first-order chi connectivity index (χ1) is 8.16. The van der Waals surface area contributed by atoms with Crippen molar-refractivity contribution in [2.24, 2.45) is 11.7 Å². The van der Waals surface area contributed by atoms with Gasteiger partial charge in [-0.05, 0) is 38.8 Å². The summed E-state index contributed by atoms with van der Waals surface area (Å²) in [5.74, 6) is 0.202. The molecule has 2 saturated heterocycles. The zero-order chi connectivity index (χ0) is 12.3. The Bertz CT molecular complexity index is 292. The smallest absolute Gasteiger partial charge is 0.231 e. The molecule has 5 nitrogen and oxygen atoms in total. The Morgan fingerprint density at radius 1 is 1.06 bits per heavy atom. The summed E-state index contributed by atoms with van der Waals surface area (Å²) in [6.45, 7) is 3.81. The lowest BCUT2D eigenvalue weighted by Gasteiger charge is -2.32. The number of nitrogens with two attached hydrogens (primary N) is 1. The van der Waals surface area contributed by atoms with Crippen LogP contribution in [0.4, 0.5) is 0 Å². The second kappa shape index (κ2) is 5.49. The van der Waals surface area contributed by atoms with E-state index in [1.807, 2.05) is 9.80 Å². The van der Waals surface area contributed by atoms with Gasteiger partial charge < -0.3 is 10.6 Å². The lowest BCUT2D eigenvalue weighted by molar-refractivity contribution is -0.136. The monoisotopic (exact) mass is 239 g/mol. The number of carbonyl (C=O) groups is 2. The number of amides is 2. The summed E-state index contributed by atoms with van der Waals surface area (Å²) in [5.41, 5.74) is 5.16. The summed E-state index contributed by atoms with van der Waals surface area (Å²) in [5, 5.41) is 0. The van der Waals surface area contributed by atoms with Gasteiger partial charge in [0, 0.05) is 19.0 Å². The van der Waals surface area contributed by atoms with E-state index >= 15 is 0 Å². The molecule has 0 aromatic heterocycles. The highest BCUT2D eigenvalue weighted by Crippen LogP contribution is 2.21. The highest BCUT2D eigenvalue weighted by Gasteiger charge is 2.29. The summed E-state index contributed by atoms with van der Waals surface area (Å²) < 4.78 is 0. The molecule has 96 valence electrons. The largest absolute Gasteiger partial charge is 0.369 e. The van der Waals surface area contributed by atoms with E-state index in [4.69, 9.17) is 5.73 Å². The third kappa shape index (κ3) is 3.19. The van der Waals surface area contributed by atoms with Crippen LogP contribution in [-0.2, 0) is 9.59 Å². The van der Waals surface area contributed by atoms with Crippen molar-refractivity contribution in [3.8, 4) is 0 Å². The molecule has 2 rings (SSSR count). The van der Waals surface area contributed by atoms with Crippen LogP contribution in [0.25, 0.3) is 0 Å². The molecule has 0 bridgehead atoms. The number of hydrogen-bond donors (Lipinski definition) is 1. The molecule has 0 aliphatic carbocycles. The fourth-order valence-electron chi connectivity index (χ4n) is 2.75. The van der Waals surface area contributed by atoms with E-state index in [1.54, 1.807) is 0 Å². The topological polar surface area (TPSA) is 66.6 Å². The molecular formula is C12H21N3O2. The predicted octanol–water partition coefficient (Wildman–Crippen LogP) is -0.194. The third-order valence-electron chi connectivity index (χ3n) is 3.73. The van der Waals surface area contributed by atoms with Crippen molar-refractivity contribution in [1.29, 1.82) is 0 Å². The highest BCUT2D eigenvalue weighted by atomic mass is 16.2. The second-order valence-electron chi connectivity index (χ2n) is 5.05. The second-order valence-corrected chi connectivity index (χ2v) is 5.05. The predicted molar refractivity (Wildman–Crippen MR) is 64.2 cm³/mol. The first-order valence-electron chi connectivity index (χ1n) is 6.46. The third-order valence-corrected chi connectivity index (χ3v) is 3.73. The van der Waals surface area contributed by atoms with E-state index in [9.17, 15) is 9.59 Å². The molecule has 2 fully saturated rings. The molecule has 0 atom stereocenters. The van der Waals surface area contributed by atoms with Gasteiger partial charge in [-0.2, -0.15) is 0 Å². The van der Waals surface area contributed by atoms with Gasteiger partial charge in [0.1, 0.15) is 0 Å². The number of piperidine rings is 1. The molecule has 17 heavy (non-hydrogen) atoms. The van der Waals surface area contributed by atoms with E-state index in [1.165, 1.54) is 0 Å². The van der Waals surface area contributed by atoms with Crippen molar-refractivity contribution in [2.45, 2.75) is 25.7 Å². The molecule has 0 unspecified atom stereocenters. The summed E-state index contributed by atoms with van der Waals surface area (Å²) in [4.78, 5) is 27.0. The van der Waals surface area contributed by atoms with Gasteiger partial charge in [0.2, 0.25) is 11.8 Å². The number of nitrogens with zero attached hydrogens (tertiary/aromatic N) is 2. The number of primary amides is 1. The van der Waals surface area contributed by atoms with Gasteiger partial charge in [0.15, 0.2) is 0 Å². The van der Waals surface area contributed by atoms with E-state index in [-0.39, 0.29) is 11.8 Å². The highest BCUT2D eigenvalue weighted by molar-refractivity contribution is 5.79. The van der Waals surface area contributed by atoms with Gasteiger partial charge in [-0.15, -0.1) is 0 Å². The quantitative estimate of drug-likeness (QED) is 0.742. The number of rotatable bonds is 3. The van der Waals surface area contributed by atoms with E-state index in [0.29, 0.717) is 12.5 Å². The molecule has 0 aromatic carbocycles. The van der Waals surface area contributed by atoms with Gasteiger partial charge >= 0.3 is 0 Å². The lowest BCUT2D eigenvalue weighted by Crippen LogP contribution is -2.44. The van der Waals surface area contributed by atoms with Crippen LogP contribution < -0.4 is 5.73 Å². The van der Waals surface area contributed by atoms with E-state index in [2.05, 4.69) is 0 Å². The first kappa shape index (κ1) is 12.4. The van der Waals surface area contributed by atoms with Gasteiger partial charge in [-0.25, -0.2) is 0 Å². The van der Waals surface area contributed by atoms with Crippen LogP contribution in [-0.4, -0.2) is 54.3 Å². The van der Waals surface area contributed by atoms with Crippen molar-refractivity contribution in [3.05, 3.63) is 0 Å². The standard InChI is InChI=1S/C12H21N3O2/c13-11(16)9-14-7-3-10(4-8-14)12(17)15-5-1-2-6-15/h10H,1-9H2,(H2,13,16). The van der Waals surface area contributed by atoms with Crippen molar-refractivity contribution < 1.29 is 9.59 Å². The van der Waals surface area contributed by atoms with Gasteiger partial charge in [-0.3, -0.25) is 14.5 Å². The van der Waals surface area contributed by atoms with E-state index in [0.717, 1.165) is 51.9 Å². The number of hydrogen-bond acceptors (Lipinski definition) is 3. The first-order valence-corrected chi connectivity index (χ1v) is 6.46. The maximum Gasteiger partial charge on any atom is 0.231 e. The normalized spacial score (nSPS) is 22.9. The Hall–Kier alpha value is -1.10. The van der Waals surface area contributed by atoms with Crippen molar-refractivity contribution in [2.75, 3.05) is 32.7 Å². The lowest BCUT2D eigenvalue weighted by atomic mass is 9.95. The Morgan fingerprint density at radius 3 is 2.18 bits per heavy atom. The van der Waals surface area contributed by atoms with Gasteiger partial charge in [-0.1, -0.05) is 0 Å². The van der Waals surface area contributed by atoms with Crippen molar-refractivity contribution >= 4 is 11.8 Å². The van der Waals surface area contributed by atoms with Crippen molar-refractivity contribution in [3.63, 3.8) is 0 Å². The minimum Gasteiger partial charge on any atom is -0.369 e. The van der Waals surface area contributed by atoms with Gasteiger partial charge in [0.25, 0.3) is 0 Å². The molecule has 5 heteroatoms. The summed E-state index contributed by atoms with van der Waals surface area (Å²) in [7, 11) is 0. The summed E-state index contributed by atoms with van der Waals surface area (Å²) in [6, 6.07) is 0. The molecule has 2 amide bonds. The molecule has 2 N–H and O–H groups in total. The Morgan fingerprint density at radius 2 is 1.65 bits per heavy atom. The Balaban J connectivity index is 1.78. The van der Waals surface area contributed by atoms with Crippen molar-refractivity contribution in [1.82, 2.24) is 9.80 Å². The minimum absolute atomic E-state index is 0.164. The van der Waals surface area contributed by atoms with Crippen LogP contribution in [0.15, 0.2) is 0 Å². The van der Waals surface area contributed by atoms with Crippen LogP contribution in [0.2, 0.25) is 0 Å². The zero-order valence-electron chi connectivity index (χ0n) is 10.2. The molecule has 2 heterocycles. The SMILES string of the molecule is NC(=O)CN1CCC(C(=O)N2CCCC2)CC1. The van der Waals surface area contributed by atoms with Crippen LogP contribution in [0.3, 0.4) is 0 Å². The van der Waals surface area contributed by atoms with Crippen LogP contribution in [0, 0.1) is 5.92 Å². The average Bonchev–Trinajstić information content (AvgIpc) is 2.82. The Labute approximate surface area is 102 Å². The molecular weight excluding hydrogens is 218 g/mol. The molecule has 0 spiro atoms. The maximum atomic E-state index is 12.1. The Kier molecular flexibility index (Phi) is 3.99. The van der Waals surface area contributed by atoms with Crippen LogP contribution >= 0.6 is 0 Å². The average molecular weight is 239 g/mol. The number of likely N-dealkylation sites (tertiary alicyclic amines) is 2. The summed E-state index contributed by atoms with van der Waals surface area (Å²) >= 11 is 0. The molecule has 0 aromatic rings. The molecule has 0 saturated carbocycles. The minimum atomic E-state index is -0.283. The summed E-state index contributed by atoms with van der Waals surface area (Å²) in [6.07, 6.45) is 4.02. The fraction of sp³-hybridized carbons (Fsp3) is 0.833. The molecule has 2 aliphatic rings. The van der Waals surface area contributed by atoms with Crippen LogP contribution in [0.1, 0.15) is 25.7 Å². The van der Waals surface area contributed by atoms with Gasteiger partial charge in [0.05, 0.1) is 6.54 Å². The van der Waals surface area contributed by atoms with E-state index < -0.39 is 0 Å². The fourth-order valence-corrected chi connectivity index (χ4v) is 2.75. The molecule has 0 radical (unpaired) electrons. The maximum absolute atomic E-state index is 12.1. The van der Waals surface area contributed by atoms with Crippen LogP contribution in [0.5, 0.6) is 0 Å².